The van der Waals surface area contributed by atoms with E-state index >= 15 is 0 Å². The molecule has 8 heteroatoms. The molecule has 138 valence electrons. The van der Waals surface area contributed by atoms with E-state index in [1.54, 1.807) is 30.3 Å². The second-order valence-corrected chi connectivity index (χ2v) is 9.26. The first-order valence-corrected chi connectivity index (χ1v) is 9.06. The first-order valence-electron chi connectivity index (χ1n) is 7.57. The summed E-state index contributed by atoms with van der Waals surface area (Å²) in [5.41, 5.74) is 0.731. The lowest BCUT2D eigenvalue weighted by atomic mass is 10.1. The minimum absolute atomic E-state index is 0.0759. The number of ether oxygens (including phenoxy) is 1. The van der Waals surface area contributed by atoms with Crippen molar-refractivity contribution in [1.29, 1.82) is 0 Å². The maximum absolute atomic E-state index is 12.1. The molecule has 1 rings (SSSR count). The highest BCUT2D eigenvalue weighted by Gasteiger charge is 2.32. The molecule has 25 heavy (non-hydrogen) atoms. The molecule has 0 aliphatic rings. The number of hydrogen-bond donors (Lipinski definition) is 2. The van der Waals surface area contributed by atoms with E-state index in [-0.39, 0.29) is 11.3 Å². The van der Waals surface area contributed by atoms with Crippen LogP contribution in [0.3, 0.4) is 0 Å². The molecule has 0 fully saturated rings. The second kappa shape index (κ2) is 8.15. The Labute approximate surface area is 147 Å². The van der Waals surface area contributed by atoms with Crippen LogP contribution in [0.1, 0.15) is 26.3 Å². The molecule has 1 aromatic carbocycles. The van der Waals surface area contributed by atoms with Crippen LogP contribution in [-0.2, 0) is 25.8 Å². The predicted octanol–water partition coefficient (Wildman–Crippen LogP) is 2.14. The first kappa shape index (κ1) is 20.7. The van der Waals surface area contributed by atoms with Crippen molar-refractivity contribution in [2.75, 3.05) is 6.61 Å². The Morgan fingerprint density at radius 3 is 2.28 bits per heavy atom. The zero-order chi connectivity index (χ0) is 19.3. The van der Waals surface area contributed by atoms with Crippen LogP contribution in [0.4, 0.5) is 4.79 Å². The third-order valence-corrected chi connectivity index (χ3v) is 5.91. The van der Waals surface area contributed by atoms with E-state index in [4.69, 9.17) is 4.74 Å². The molecular formula is C17H23NO6S. The summed E-state index contributed by atoms with van der Waals surface area (Å²) in [5.74, 6) is -1.22. The van der Waals surface area contributed by atoms with Gasteiger partial charge in [-0.05, 0) is 26.3 Å². The smallest absolute Gasteiger partial charge is 0.408 e. The lowest BCUT2D eigenvalue weighted by Gasteiger charge is -2.21. The van der Waals surface area contributed by atoms with E-state index < -0.39 is 39.3 Å². The SMILES string of the molecule is C=C(COC(=O)N[C@@H](Cc1ccccc1)C(=O)O)S(=O)(=O)C(C)(C)C. The third kappa shape index (κ3) is 5.90. The summed E-state index contributed by atoms with van der Waals surface area (Å²) in [6, 6.07) is 7.59. The molecule has 1 amide bonds. The molecule has 0 unspecified atom stereocenters. The van der Waals surface area contributed by atoms with Gasteiger partial charge in [0.25, 0.3) is 0 Å². The molecule has 0 aliphatic carbocycles. The number of aliphatic carboxylic acids is 1. The summed E-state index contributed by atoms with van der Waals surface area (Å²) in [5, 5.41) is 11.4. The average molecular weight is 369 g/mol. The highest BCUT2D eigenvalue weighted by molar-refractivity contribution is 7.96. The van der Waals surface area contributed by atoms with Crippen molar-refractivity contribution in [3.05, 3.63) is 47.4 Å². The van der Waals surface area contributed by atoms with Gasteiger partial charge in [-0.25, -0.2) is 18.0 Å². The normalized spacial score (nSPS) is 12.9. The highest BCUT2D eigenvalue weighted by atomic mass is 32.2. The van der Waals surface area contributed by atoms with Crippen molar-refractivity contribution in [2.24, 2.45) is 0 Å². The summed E-state index contributed by atoms with van der Waals surface area (Å²) in [6.07, 6.45) is -0.944. The fourth-order valence-electron chi connectivity index (χ4n) is 1.89. The number of rotatable bonds is 7. The van der Waals surface area contributed by atoms with Gasteiger partial charge in [-0.15, -0.1) is 0 Å². The van der Waals surface area contributed by atoms with Gasteiger partial charge in [-0.2, -0.15) is 0 Å². The maximum atomic E-state index is 12.1. The van der Waals surface area contributed by atoms with Gasteiger partial charge >= 0.3 is 12.1 Å². The van der Waals surface area contributed by atoms with Gasteiger partial charge in [0.05, 0.1) is 9.65 Å². The van der Waals surface area contributed by atoms with Gasteiger partial charge in [0.15, 0.2) is 9.84 Å². The van der Waals surface area contributed by atoms with E-state index in [0.29, 0.717) is 0 Å². The summed E-state index contributed by atoms with van der Waals surface area (Å²) in [4.78, 5) is 22.8. The molecule has 1 atom stereocenters. The van der Waals surface area contributed by atoms with E-state index in [9.17, 15) is 23.1 Å². The Hall–Kier alpha value is -2.35. The van der Waals surface area contributed by atoms with Crippen molar-refractivity contribution in [1.82, 2.24) is 5.32 Å². The predicted molar refractivity (Wildman–Crippen MR) is 93.9 cm³/mol. The Morgan fingerprint density at radius 1 is 1.24 bits per heavy atom. The highest BCUT2D eigenvalue weighted by Crippen LogP contribution is 2.22. The minimum atomic E-state index is -3.68. The minimum Gasteiger partial charge on any atom is -0.480 e. The molecule has 1 aromatic rings. The second-order valence-electron chi connectivity index (χ2n) is 6.46. The van der Waals surface area contributed by atoms with Crippen molar-refractivity contribution in [3.63, 3.8) is 0 Å². The van der Waals surface area contributed by atoms with E-state index in [0.717, 1.165) is 5.56 Å². The topological polar surface area (TPSA) is 110 Å². The van der Waals surface area contributed by atoms with Gasteiger partial charge in [0.2, 0.25) is 0 Å². The number of amides is 1. The van der Waals surface area contributed by atoms with Crippen molar-refractivity contribution in [3.8, 4) is 0 Å². The van der Waals surface area contributed by atoms with E-state index in [1.807, 2.05) is 0 Å². The molecule has 7 nitrogen and oxygen atoms in total. The number of hydrogen-bond acceptors (Lipinski definition) is 5. The zero-order valence-electron chi connectivity index (χ0n) is 14.5. The van der Waals surface area contributed by atoms with Crippen LogP contribution in [0, 0.1) is 0 Å². The maximum Gasteiger partial charge on any atom is 0.408 e. The van der Waals surface area contributed by atoms with Crippen molar-refractivity contribution < 1.29 is 27.9 Å². The number of benzene rings is 1. The van der Waals surface area contributed by atoms with Crippen LogP contribution in [0.2, 0.25) is 0 Å². The first-order chi connectivity index (χ1) is 11.4. The van der Waals surface area contributed by atoms with Crippen LogP contribution in [0.25, 0.3) is 0 Å². The quantitative estimate of drug-likeness (QED) is 0.762. The Kier molecular flexibility index (Phi) is 6.75. The molecule has 2 N–H and O–H groups in total. The van der Waals surface area contributed by atoms with E-state index in [2.05, 4.69) is 11.9 Å². The van der Waals surface area contributed by atoms with Gasteiger partial charge in [0, 0.05) is 6.42 Å². The lowest BCUT2D eigenvalue weighted by molar-refractivity contribution is -0.139. The number of carbonyl (C=O) groups excluding carboxylic acids is 1. The number of sulfone groups is 1. The van der Waals surface area contributed by atoms with Crippen LogP contribution in [0.15, 0.2) is 41.8 Å². The largest absolute Gasteiger partial charge is 0.480 e. The molecule has 0 spiro atoms. The number of alkyl carbamates (subject to hydrolysis) is 1. The zero-order valence-corrected chi connectivity index (χ0v) is 15.3. The molecule has 0 aromatic heterocycles. The summed E-state index contributed by atoms with van der Waals surface area (Å²) < 4.78 is 28.0. The molecule has 0 bridgehead atoms. The van der Waals surface area contributed by atoms with Gasteiger partial charge in [-0.1, -0.05) is 36.9 Å². The van der Waals surface area contributed by atoms with Crippen LogP contribution in [0.5, 0.6) is 0 Å². The number of nitrogens with one attached hydrogen (secondary N) is 1. The van der Waals surface area contributed by atoms with Gasteiger partial charge in [0.1, 0.15) is 12.6 Å². The third-order valence-electron chi connectivity index (χ3n) is 3.42. The standard InChI is InChI=1S/C17H23NO6S/c1-12(25(22,23)17(2,3)4)11-24-16(21)18-14(15(19)20)10-13-8-6-5-7-9-13/h5-9,14H,1,10-11H2,2-4H3,(H,18,21)(H,19,20)/t14-/m0/s1. The van der Waals surface area contributed by atoms with Crippen LogP contribution < -0.4 is 5.32 Å². The molecular weight excluding hydrogens is 346 g/mol. The number of carboxylic acids is 1. The summed E-state index contributed by atoms with van der Waals surface area (Å²) >= 11 is 0. The van der Waals surface area contributed by atoms with Crippen LogP contribution >= 0.6 is 0 Å². The fraction of sp³-hybridized carbons (Fsp3) is 0.412. The fourth-order valence-corrected chi connectivity index (χ4v) is 2.97. The summed E-state index contributed by atoms with van der Waals surface area (Å²) in [6.45, 7) is 7.42. The van der Waals surface area contributed by atoms with E-state index in [1.165, 1.54) is 20.8 Å². The van der Waals surface area contributed by atoms with Crippen LogP contribution in [-0.4, -0.2) is 43.0 Å². The van der Waals surface area contributed by atoms with Crippen molar-refractivity contribution in [2.45, 2.75) is 38.0 Å². The Balaban J connectivity index is 2.65. The molecule has 0 aliphatic heterocycles. The molecule has 0 saturated heterocycles. The van der Waals surface area contributed by atoms with Crippen molar-refractivity contribution >= 4 is 21.9 Å². The monoisotopic (exact) mass is 369 g/mol. The number of carbonyl (C=O) groups is 2. The Morgan fingerprint density at radius 2 is 1.80 bits per heavy atom. The van der Waals surface area contributed by atoms with Gasteiger partial charge < -0.3 is 15.2 Å². The molecule has 0 heterocycles. The molecule has 0 radical (unpaired) electrons. The average Bonchev–Trinajstić information content (AvgIpc) is 2.51. The molecule has 0 saturated carbocycles. The van der Waals surface area contributed by atoms with Gasteiger partial charge in [-0.3, -0.25) is 0 Å². The lowest BCUT2D eigenvalue weighted by Crippen LogP contribution is -2.43. The summed E-state index contributed by atoms with van der Waals surface area (Å²) in [7, 11) is -3.68. The number of carboxylic acid groups (broad SMARTS) is 1. The Bertz CT molecular complexity index is 734.